The van der Waals surface area contributed by atoms with Crippen molar-refractivity contribution >= 4 is 17.7 Å². The lowest BCUT2D eigenvalue weighted by atomic mass is 10.1. The van der Waals surface area contributed by atoms with E-state index in [-0.39, 0.29) is 5.91 Å². The zero-order chi connectivity index (χ0) is 9.19. The van der Waals surface area contributed by atoms with E-state index in [0.29, 0.717) is 0 Å². The summed E-state index contributed by atoms with van der Waals surface area (Å²) in [5.41, 5.74) is -0.662. The molecule has 0 aromatic heterocycles. The highest BCUT2D eigenvalue weighted by Crippen LogP contribution is 2.19. The molecule has 0 bridgehead atoms. The van der Waals surface area contributed by atoms with Gasteiger partial charge in [0.05, 0.1) is 5.88 Å². The maximum atomic E-state index is 11.7. The molecule has 1 heterocycles. The standard InChI is InChI=1S/C8H15NO2S/c1-8(2,11-3)7(10)9-4-5-12-6-9/h4-6H2,1-3H3. The van der Waals surface area contributed by atoms with E-state index in [1.807, 2.05) is 4.90 Å². The van der Waals surface area contributed by atoms with Crippen molar-refractivity contribution in [1.82, 2.24) is 4.90 Å². The van der Waals surface area contributed by atoms with Crippen LogP contribution in [0.15, 0.2) is 0 Å². The summed E-state index contributed by atoms with van der Waals surface area (Å²) in [6, 6.07) is 0. The van der Waals surface area contributed by atoms with Crippen LogP contribution < -0.4 is 0 Å². The van der Waals surface area contributed by atoms with Crippen LogP contribution in [0.3, 0.4) is 0 Å². The molecule has 1 rings (SSSR count). The molecule has 0 N–H and O–H groups in total. The monoisotopic (exact) mass is 189 g/mol. The highest BCUT2D eigenvalue weighted by molar-refractivity contribution is 7.99. The number of rotatable bonds is 2. The van der Waals surface area contributed by atoms with Gasteiger partial charge in [0.25, 0.3) is 5.91 Å². The zero-order valence-electron chi connectivity index (χ0n) is 7.79. The summed E-state index contributed by atoms with van der Waals surface area (Å²) in [5, 5.41) is 0. The quantitative estimate of drug-likeness (QED) is 0.647. The first-order valence-electron chi connectivity index (χ1n) is 4.00. The van der Waals surface area contributed by atoms with Gasteiger partial charge in [-0.3, -0.25) is 4.79 Å². The largest absolute Gasteiger partial charge is 0.369 e. The molecule has 0 spiro atoms. The molecule has 4 heteroatoms. The van der Waals surface area contributed by atoms with Crippen molar-refractivity contribution in [3.05, 3.63) is 0 Å². The molecule has 1 saturated heterocycles. The minimum atomic E-state index is -0.662. The van der Waals surface area contributed by atoms with Crippen LogP contribution in [-0.2, 0) is 9.53 Å². The van der Waals surface area contributed by atoms with Gasteiger partial charge in [-0.05, 0) is 13.8 Å². The number of methoxy groups -OCH3 is 1. The van der Waals surface area contributed by atoms with Gasteiger partial charge in [-0.15, -0.1) is 11.8 Å². The van der Waals surface area contributed by atoms with E-state index < -0.39 is 5.60 Å². The first-order chi connectivity index (χ1) is 5.58. The molecule has 1 aliphatic heterocycles. The number of amides is 1. The Labute approximate surface area is 77.4 Å². The van der Waals surface area contributed by atoms with Gasteiger partial charge in [0.2, 0.25) is 0 Å². The van der Waals surface area contributed by atoms with Gasteiger partial charge < -0.3 is 9.64 Å². The predicted octanol–water partition coefficient (Wildman–Crippen LogP) is 0.944. The number of nitrogens with zero attached hydrogens (tertiary/aromatic N) is 1. The third-order valence-corrected chi connectivity index (χ3v) is 3.03. The molecule has 0 atom stereocenters. The van der Waals surface area contributed by atoms with Crippen molar-refractivity contribution in [2.24, 2.45) is 0 Å². The first kappa shape index (κ1) is 9.86. The van der Waals surface area contributed by atoms with Gasteiger partial charge in [-0.25, -0.2) is 0 Å². The summed E-state index contributed by atoms with van der Waals surface area (Å²) in [6.45, 7) is 4.47. The van der Waals surface area contributed by atoms with Gasteiger partial charge in [-0.2, -0.15) is 0 Å². The Kier molecular flexibility index (Phi) is 3.01. The normalized spacial score (nSPS) is 18.4. The van der Waals surface area contributed by atoms with Gasteiger partial charge in [-0.1, -0.05) is 0 Å². The molecule has 0 aromatic rings. The number of carbonyl (C=O) groups excluding carboxylic acids is 1. The van der Waals surface area contributed by atoms with Gasteiger partial charge in [0.1, 0.15) is 5.60 Å². The molecule has 1 amide bonds. The van der Waals surface area contributed by atoms with E-state index in [4.69, 9.17) is 4.74 Å². The smallest absolute Gasteiger partial charge is 0.254 e. The van der Waals surface area contributed by atoms with Crippen molar-refractivity contribution in [2.45, 2.75) is 19.4 Å². The SMILES string of the molecule is COC(C)(C)C(=O)N1CCSC1. The third kappa shape index (κ3) is 1.93. The van der Waals surface area contributed by atoms with Crippen LogP contribution in [0.4, 0.5) is 0 Å². The fourth-order valence-corrected chi connectivity index (χ4v) is 1.99. The minimum Gasteiger partial charge on any atom is -0.369 e. The zero-order valence-corrected chi connectivity index (χ0v) is 8.61. The number of hydrogen-bond donors (Lipinski definition) is 0. The van der Waals surface area contributed by atoms with Crippen LogP contribution in [0, 0.1) is 0 Å². The second-order valence-electron chi connectivity index (χ2n) is 3.32. The van der Waals surface area contributed by atoms with E-state index in [9.17, 15) is 4.79 Å². The van der Waals surface area contributed by atoms with Gasteiger partial charge in [0, 0.05) is 19.4 Å². The maximum absolute atomic E-state index is 11.7. The second-order valence-corrected chi connectivity index (χ2v) is 4.40. The van der Waals surface area contributed by atoms with Gasteiger partial charge >= 0.3 is 0 Å². The van der Waals surface area contributed by atoms with Gasteiger partial charge in [0.15, 0.2) is 0 Å². The molecule has 0 radical (unpaired) electrons. The molecule has 12 heavy (non-hydrogen) atoms. The average molecular weight is 189 g/mol. The highest BCUT2D eigenvalue weighted by atomic mass is 32.2. The van der Waals surface area contributed by atoms with Crippen LogP contribution in [-0.4, -0.2) is 41.7 Å². The fourth-order valence-electron chi connectivity index (χ4n) is 1.04. The van der Waals surface area contributed by atoms with E-state index in [2.05, 4.69) is 0 Å². The Balaban J connectivity index is 2.56. The maximum Gasteiger partial charge on any atom is 0.254 e. The van der Waals surface area contributed by atoms with Crippen LogP contribution in [0.5, 0.6) is 0 Å². The van der Waals surface area contributed by atoms with Crippen LogP contribution in [0.25, 0.3) is 0 Å². The van der Waals surface area contributed by atoms with Crippen molar-refractivity contribution in [1.29, 1.82) is 0 Å². The molecule has 70 valence electrons. The number of thioether (sulfide) groups is 1. The summed E-state index contributed by atoms with van der Waals surface area (Å²) in [7, 11) is 1.57. The summed E-state index contributed by atoms with van der Waals surface area (Å²) in [4.78, 5) is 13.5. The van der Waals surface area contributed by atoms with Crippen molar-refractivity contribution in [3.63, 3.8) is 0 Å². The molecule has 0 aliphatic carbocycles. The fraction of sp³-hybridized carbons (Fsp3) is 0.875. The van der Waals surface area contributed by atoms with E-state index in [1.54, 1.807) is 32.7 Å². The molecule has 0 aromatic carbocycles. The molecule has 0 saturated carbocycles. The Morgan fingerprint density at radius 3 is 2.67 bits per heavy atom. The molecule has 1 aliphatic rings. The van der Waals surface area contributed by atoms with E-state index in [1.165, 1.54) is 0 Å². The summed E-state index contributed by atoms with van der Waals surface area (Å²) < 4.78 is 5.11. The average Bonchev–Trinajstić information content (AvgIpc) is 2.55. The molecular weight excluding hydrogens is 174 g/mol. The predicted molar refractivity (Wildman–Crippen MR) is 50.1 cm³/mol. The second kappa shape index (κ2) is 3.66. The summed E-state index contributed by atoms with van der Waals surface area (Å²) >= 11 is 1.79. The van der Waals surface area contributed by atoms with Crippen molar-refractivity contribution < 1.29 is 9.53 Å². The van der Waals surface area contributed by atoms with Crippen LogP contribution in [0.1, 0.15) is 13.8 Å². The minimum absolute atomic E-state index is 0.0926. The summed E-state index contributed by atoms with van der Waals surface area (Å²) in [6.07, 6.45) is 0. The van der Waals surface area contributed by atoms with Crippen LogP contribution >= 0.6 is 11.8 Å². The summed E-state index contributed by atoms with van der Waals surface area (Å²) in [5.74, 6) is 1.95. The molecular formula is C8H15NO2S. The number of ether oxygens (including phenoxy) is 1. The first-order valence-corrected chi connectivity index (χ1v) is 5.15. The lowest BCUT2D eigenvalue weighted by Gasteiger charge is -2.27. The lowest BCUT2D eigenvalue weighted by molar-refractivity contribution is -0.149. The Morgan fingerprint density at radius 2 is 2.25 bits per heavy atom. The number of carbonyl (C=O) groups is 1. The highest BCUT2D eigenvalue weighted by Gasteiger charge is 2.33. The Morgan fingerprint density at radius 1 is 1.58 bits per heavy atom. The molecule has 3 nitrogen and oxygen atoms in total. The molecule has 0 unspecified atom stereocenters. The van der Waals surface area contributed by atoms with E-state index in [0.717, 1.165) is 18.2 Å². The van der Waals surface area contributed by atoms with Crippen molar-refractivity contribution in [3.8, 4) is 0 Å². The van der Waals surface area contributed by atoms with Crippen LogP contribution in [0.2, 0.25) is 0 Å². The van der Waals surface area contributed by atoms with E-state index >= 15 is 0 Å². The lowest BCUT2D eigenvalue weighted by Crippen LogP contribution is -2.45. The Hall–Kier alpha value is -0.220. The van der Waals surface area contributed by atoms with Crippen molar-refractivity contribution in [2.75, 3.05) is 25.3 Å². The topological polar surface area (TPSA) is 29.5 Å². The number of hydrogen-bond acceptors (Lipinski definition) is 3. The Bertz CT molecular complexity index is 176. The third-order valence-electron chi connectivity index (χ3n) is 2.07. The molecule has 1 fully saturated rings.